The van der Waals surface area contributed by atoms with Crippen molar-refractivity contribution >= 4 is 15.7 Å². The zero-order valence-electron chi connectivity index (χ0n) is 10.4. The summed E-state index contributed by atoms with van der Waals surface area (Å²) in [6, 6.07) is 9.40. The number of benzene rings is 1. The van der Waals surface area contributed by atoms with E-state index in [4.69, 9.17) is 5.73 Å². The van der Waals surface area contributed by atoms with Crippen molar-refractivity contribution in [3.63, 3.8) is 0 Å². The lowest BCUT2D eigenvalue weighted by atomic mass is 10.1. The lowest BCUT2D eigenvalue weighted by Crippen LogP contribution is -2.26. The van der Waals surface area contributed by atoms with E-state index in [0.29, 0.717) is 5.69 Å². The second-order valence-corrected chi connectivity index (χ2v) is 5.91. The molecule has 0 aliphatic rings. The number of hydrogen-bond acceptors (Lipinski definition) is 4. The normalized spacial score (nSPS) is 13.1. The Kier molecular flexibility index (Phi) is 3.82. The Morgan fingerprint density at radius 3 is 2.53 bits per heavy atom. The first-order valence-corrected chi connectivity index (χ1v) is 7.25. The minimum Gasteiger partial charge on any atom is -0.399 e. The molecule has 0 amide bonds. The highest BCUT2D eigenvalue weighted by molar-refractivity contribution is 7.89. The van der Waals surface area contributed by atoms with Gasteiger partial charge in [-0.05, 0) is 42.8 Å². The predicted molar refractivity (Wildman–Crippen MR) is 73.8 cm³/mol. The highest BCUT2D eigenvalue weighted by Gasteiger charge is 2.18. The van der Waals surface area contributed by atoms with E-state index in [1.54, 1.807) is 43.6 Å². The highest BCUT2D eigenvalue weighted by Crippen LogP contribution is 2.17. The summed E-state index contributed by atoms with van der Waals surface area (Å²) in [6.45, 7) is 1.78. The molecule has 0 radical (unpaired) electrons. The number of aromatic nitrogens is 1. The van der Waals surface area contributed by atoms with Gasteiger partial charge in [-0.15, -0.1) is 0 Å². The summed E-state index contributed by atoms with van der Waals surface area (Å²) in [5.74, 6) is 0. The average molecular weight is 277 g/mol. The fourth-order valence-corrected chi connectivity index (χ4v) is 2.99. The van der Waals surface area contributed by atoms with Gasteiger partial charge in [-0.2, -0.15) is 0 Å². The summed E-state index contributed by atoms with van der Waals surface area (Å²) in [5.41, 5.74) is 6.86. The number of nitrogens with one attached hydrogen (secondary N) is 1. The molecular formula is C13H15N3O2S. The molecule has 2 aromatic rings. The number of anilines is 1. The van der Waals surface area contributed by atoms with Crippen LogP contribution in [0.1, 0.15) is 18.5 Å². The number of rotatable bonds is 4. The molecule has 3 N–H and O–H groups in total. The SMILES string of the molecule is CC(NS(=O)(=O)c1cccc(N)c1)c1ccncc1. The molecule has 1 aromatic heterocycles. The molecule has 5 nitrogen and oxygen atoms in total. The van der Waals surface area contributed by atoms with Gasteiger partial charge >= 0.3 is 0 Å². The molecular weight excluding hydrogens is 262 g/mol. The van der Waals surface area contributed by atoms with E-state index in [1.165, 1.54) is 12.1 Å². The van der Waals surface area contributed by atoms with Gasteiger partial charge in [0.2, 0.25) is 10.0 Å². The van der Waals surface area contributed by atoms with E-state index in [1.807, 2.05) is 0 Å². The topological polar surface area (TPSA) is 85.1 Å². The molecule has 0 fully saturated rings. The summed E-state index contributed by atoms with van der Waals surface area (Å²) in [5, 5.41) is 0. The Morgan fingerprint density at radius 1 is 1.21 bits per heavy atom. The van der Waals surface area contributed by atoms with Crippen LogP contribution in [0, 0.1) is 0 Å². The Labute approximate surface area is 112 Å². The summed E-state index contributed by atoms with van der Waals surface area (Å²) in [4.78, 5) is 4.06. The van der Waals surface area contributed by atoms with Gasteiger partial charge in [0.05, 0.1) is 4.90 Å². The monoisotopic (exact) mass is 277 g/mol. The van der Waals surface area contributed by atoms with Crippen molar-refractivity contribution < 1.29 is 8.42 Å². The van der Waals surface area contributed by atoms with Gasteiger partial charge in [0.25, 0.3) is 0 Å². The Balaban J connectivity index is 2.23. The van der Waals surface area contributed by atoms with E-state index < -0.39 is 10.0 Å². The lowest BCUT2D eigenvalue weighted by molar-refractivity contribution is 0.567. The second-order valence-electron chi connectivity index (χ2n) is 4.20. The molecule has 0 spiro atoms. The van der Waals surface area contributed by atoms with Crippen LogP contribution in [0.5, 0.6) is 0 Å². The third-order valence-corrected chi connectivity index (χ3v) is 4.24. The third-order valence-electron chi connectivity index (χ3n) is 2.71. The van der Waals surface area contributed by atoms with E-state index in [2.05, 4.69) is 9.71 Å². The maximum absolute atomic E-state index is 12.2. The zero-order valence-corrected chi connectivity index (χ0v) is 11.3. The molecule has 6 heteroatoms. The molecule has 0 saturated carbocycles. The van der Waals surface area contributed by atoms with E-state index in [-0.39, 0.29) is 10.9 Å². The van der Waals surface area contributed by atoms with Crippen molar-refractivity contribution in [1.29, 1.82) is 0 Å². The van der Waals surface area contributed by atoms with Gasteiger partial charge in [-0.3, -0.25) is 4.98 Å². The first-order valence-electron chi connectivity index (χ1n) is 5.77. The summed E-state index contributed by atoms with van der Waals surface area (Å²) in [6.07, 6.45) is 3.25. The van der Waals surface area contributed by atoms with Gasteiger partial charge in [0.15, 0.2) is 0 Å². The molecule has 1 atom stereocenters. The van der Waals surface area contributed by atoms with Crippen LogP contribution in [0.4, 0.5) is 5.69 Å². The zero-order chi connectivity index (χ0) is 13.9. The van der Waals surface area contributed by atoms with Gasteiger partial charge in [-0.25, -0.2) is 13.1 Å². The fraction of sp³-hybridized carbons (Fsp3) is 0.154. The van der Waals surface area contributed by atoms with E-state index in [9.17, 15) is 8.42 Å². The highest BCUT2D eigenvalue weighted by atomic mass is 32.2. The van der Waals surface area contributed by atoms with Crippen LogP contribution < -0.4 is 10.5 Å². The number of nitrogen functional groups attached to an aromatic ring is 1. The third kappa shape index (κ3) is 3.30. The molecule has 0 saturated heterocycles. The van der Waals surface area contributed by atoms with Gasteiger partial charge in [0.1, 0.15) is 0 Å². The van der Waals surface area contributed by atoms with E-state index >= 15 is 0 Å². The number of pyridine rings is 1. The number of nitrogens with zero attached hydrogens (tertiary/aromatic N) is 1. The van der Waals surface area contributed by atoms with Crippen LogP contribution in [0.3, 0.4) is 0 Å². The van der Waals surface area contributed by atoms with Crippen LogP contribution in [-0.2, 0) is 10.0 Å². The average Bonchev–Trinajstić information content (AvgIpc) is 2.39. The standard InChI is InChI=1S/C13H15N3O2S/c1-10(11-5-7-15-8-6-11)16-19(17,18)13-4-2-3-12(14)9-13/h2-10,16H,14H2,1H3. The molecule has 100 valence electrons. The number of sulfonamides is 1. The molecule has 2 rings (SSSR count). The van der Waals surface area contributed by atoms with Crippen molar-refractivity contribution in [1.82, 2.24) is 9.71 Å². The summed E-state index contributed by atoms with van der Waals surface area (Å²) < 4.78 is 27.0. The van der Waals surface area contributed by atoms with Crippen molar-refractivity contribution in [3.05, 3.63) is 54.4 Å². The predicted octanol–water partition coefficient (Wildman–Crippen LogP) is 1.70. The van der Waals surface area contributed by atoms with E-state index in [0.717, 1.165) is 5.56 Å². The minimum absolute atomic E-state index is 0.161. The first-order chi connectivity index (χ1) is 8.99. The van der Waals surface area contributed by atoms with Gasteiger partial charge in [-0.1, -0.05) is 6.07 Å². The summed E-state index contributed by atoms with van der Waals surface area (Å²) >= 11 is 0. The minimum atomic E-state index is -3.58. The fourth-order valence-electron chi connectivity index (χ4n) is 1.70. The van der Waals surface area contributed by atoms with Crippen molar-refractivity contribution in [2.45, 2.75) is 17.9 Å². The molecule has 1 heterocycles. The van der Waals surface area contributed by atoms with Crippen LogP contribution in [0.25, 0.3) is 0 Å². The van der Waals surface area contributed by atoms with Crippen molar-refractivity contribution in [2.24, 2.45) is 0 Å². The first kappa shape index (κ1) is 13.5. The lowest BCUT2D eigenvalue weighted by Gasteiger charge is -2.14. The number of nitrogens with two attached hydrogens (primary N) is 1. The van der Waals surface area contributed by atoms with Crippen LogP contribution in [0.15, 0.2) is 53.7 Å². The molecule has 19 heavy (non-hydrogen) atoms. The Hall–Kier alpha value is -1.92. The smallest absolute Gasteiger partial charge is 0.241 e. The van der Waals surface area contributed by atoms with Crippen LogP contribution in [0.2, 0.25) is 0 Å². The maximum Gasteiger partial charge on any atom is 0.241 e. The Bertz CT molecular complexity index is 657. The quantitative estimate of drug-likeness (QED) is 0.833. The van der Waals surface area contributed by atoms with Crippen molar-refractivity contribution in [2.75, 3.05) is 5.73 Å². The molecule has 1 unspecified atom stereocenters. The van der Waals surface area contributed by atoms with Crippen molar-refractivity contribution in [3.8, 4) is 0 Å². The van der Waals surface area contributed by atoms with Gasteiger partial charge in [0, 0.05) is 24.1 Å². The second kappa shape index (κ2) is 5.38. The van der Waals surface area contributed by atoms with Crippen LogP contribution >= 0.6 is 0 Å². The molecule has 1 aromatic carbocycles. The van der Waals surface area contributed by atoms with Gasteiger partial charge < -0.3 is 5.73 Å². The summed E-state index contributed by atoms with van der Waals surface area (Å²) in [7, 11) is -3.58. The molecule has 0 aliphatic heterocycles. The van der Waals surface area contributed by atoms with Crippen LogP contribution in [-0.4, -0.2) is 13.4 Å². The largest absolute Gasteiger partial charge is 0.399 e. The molecule has 0 bridgehead atoms. The maximum atomic E-state index is 12.2. The molecule has 0 aliphatic carbocycles. The Morgan fingerprint density at radius 2 is 1.89 bits per heavy atom. The number of hydrogen-bond donors (Lipinski definition) is 2.